The number of carbonyl (C=O) groups is 1. The third-order valence-electron chi connectivity index (χ3n) is 3.27. The largest absolute Gasteiger partial charge is 0.505 e. The molecule has 0 saturated carbocycles. The van der Waals surface area contributed by atoms with Crippen molar-refractivity contribution < 1.29 is 24.1 Å². The summed E-state index contributed by atoms with van der Waals surface area (Å²) in [6, 6.07) is 5.32. The fourth-order valence-corrected chi connectivity index (χ4v) is 2.19. The molecule has 116 valence electrons. The number of nitrogens with zero attached hydrogens (tertiary/aromatic N) is 1. The van der Waals surface area contributed by atoms with Gasteiger partial charge in [0.15, 0.2) is 5.76 Å². The van der Waals surface area contributed by atoms with E-state index < -0.39 is 5.97 Å². The molecule has 0 amide bonds. The van der Waals surface area contributed by atoms with Crippen molar-refractivity contribution in [2.24, 2.45) is 4.99 Å². The summed E-state index contributed by atoms with van der Waals surface area (Å²) in [5, 5.41) is 10.2. The number of carbonyl (C=O) groups excluding carboxylic acids is 1. The Kier molecular flexibility index (Phi) is 4.50. The number of hydrogen-bond acceptors (Lipinski definition) is 6. The molecule has 1 aromatic rings. The number of rotatable bonds is 4. The maximum atomic E-state index is 11.7. The van der Waals surface area contributed by atoms with Crippen LogP contribution in [0.1, 0.15) is 12.5 Å². The van der Waals surface area contributed by atoms with E-state index in [0.29, 0.717) is 22.8 Å². The van der Waals surface area contributed by atoms with Crippen LogP contribution in [0.4, 0.5) is 0 Å². The Morgan fingerprint density at radius 2 is 1.77 bits per heavy atom. The molecule has 0 aromatic heterocycles. The Labute approximate surface area is 128 Å². The van der Waals surface area contributed by atoms with Crippen molar-refractivity contribution >= 4 is 17.8 Å². The molecule has 6 nitrogen and oxygen atoms in total. The lowest BCUT2D eigenvalue weighted by atomic mass is 10.1. The second-order valence-electron chi connectivity index (χ2n) is 4.52. The number of ether oxygens (including phenoxy) is 3. The molecule has 0 unspecified atom stereocenters. The normalized spacial score (nSPS) is 15.8. The molecule has 1 N–H and O–H groups in total. The van der Waals surface area contributed by atoms with Gasteiger partial charge in [-0.2, -0.15) is 0 Å². The zero-order valence-electron chi connectivity index (χ0n) is 12.8. The van der Waals surface area contributed by atoms with Crippen LogP contribution in [0.25, 0.3) is 6.08 Å². The highest BCUT2D eigenvalue weighted by molar-refractivity contribution is 6.22. The van der Waals surface area contributed by atoms with Gasteiger partial charge in [0.25, 0.3) is 0 Å². The lowest BCUT2D eigenvalue weighted by molar-refractivity contribution is -0.135. The molecule has 2 rings (SSSR count). The van der Waals surface area contributed by atoms with E-state index in [9.17, 15) is 9.90 Å². The standard InChI is InChI=1S/C16H17NO5/c1-9-14(16(19)22-4)15(18)11(17-9)8-10-12(20-2)6-5-7-13(10)21-3/h5-8,18H,1-4H3/b11-8+. The molecule has 22 heavy (non-hydrogen) atoms. The summed E-state index contributed by atoms with van der Waals surface area (Å²) in [6.45, 7) is 1.63. The van der Waals surface area contributed by atoms with Crippen LogP contribution < -0.4 is 9.47 Å². The smallest absolute Gasteiger partial charge is 0.343 e. The van der Waals surface area contributed by atoms with E-state index >= 15 is 0 Å². The fraction of sp³-hybridized carbons (Fsp3) is 0.250. The van der Waals surface area contributed by atoms with E-state index in [1.807, 2.05) is 0 Å². The number of aliphatic hydroxyl groups is 1. The maximum absolute atomic E-state index is 11.7. The second-order valence-corrected chi connectivity index (χ2v) is 4.52. The molecule has 0 aliphatic carbocycles. The Hall–Kier alpha value is -2.76. The number of methoxy groups -OCH3 is 3. The van der Waals surface area contributed by atoms with Gasteiger partial charge in [0.1, 0.15) is 22.8 Å². The summed E-state index contributed by atoms with van der Waals surface area (Å²) in [5.74, 6) is 0.282. The molecule has 0 atom stereocenters. The highest BCUT2D eigenvalue weighted by Crippen LogP contribution is 2.34. The Morgan fingerprint density at radius 3 is 2.27 bits per heavy atom. The average molecular weight is 303 g/mol. The average Bonchev–Trinajstić information content (AvgIpc) is 2.81. The van der Waals surface area contributed by atoms with Gasteiger partial charge >= 0.3 is 5.97 Å². The van der Waals surface area contributed by atoms with Crippen molar-refractivity contribution in [2.75, 3.05) is 21.3 Å². The summed E-state index contributed by atoms with van der Waals surface area (Å²) in [7, 11) is 4.33. The highest BCUT2D eigenvalue weighted by atomic mass is 16.5. The molecule has 1 heterocycles. The van der Waals surface area contributed by atoms with Crippen LogP contribution >= 0.6 is 0 Å². The first kappa shape index (κ1) is 15.6. The van der Waals surface area contributed by atoms with Gasteiger partial charge < -0.3 is 19.3 Å². The topological polar surface area (TPSA) is 77.4 Å². The van der Waals surface area contributed by atoms with Crippen LogP contribution in [0.15, 0.2) is 40.2 Å². The minimum Gasteiger partial charge on any atom is -0.505 e. The minimum atomic E-state index is -0.630. The molecule has 0 spiro atoms. The first-order valence-corrected chi connectivity index (χ1v) is 6.53. The van der Waals surface area contributed by atoms with E-state index in [-0.39, 0.29) is 17.0 Å². The van der Waals surface area contributed by atoms with Crippen molar-refractivity contribution in [2.45, 2.75) is 6.92 Å². The van der Waals surface area contributed by atoms with E-state index in [2.05, 4.69) is 9.73 Å². The molecular formula is C16H17NO5. The van der Waals surface area contributed by atoms with Crippen LogP contribution in [-0.2, 0) is 9.53 Å². The Morgan fingerprint density at radius 1 is 1.18 bits per heavy atom. The fourth-order valence-electron chi connectivity index (χ4n) is 2.19. The predicted octanol–water partition coefficient (Wildman–Crippen LogP) is 2.50. The van der Waals surface area contributed by atoms with Crippen LogP contribution in [0.2, 0.25) is 0 Å². The first-order valence-electron chi connectivity index (χ1n) is 6.53. The first-order chi connectivity index (χ1) is 10.5. The molecule has 6 heteroatoms. The van der Waals surface area contributed by atoms with Crippen molar-refractivity contribution in [3.63, 3.8) is 0 Å². The van der Waals surface area contributed by atoms with Crippen LogP contribution in [-0.4, -0.2) is 38.1 Å². The van der Waals surface area contributed by atoms with Crippen molar-refractivity contribution in [1.29, 1.82) is 0 Å². The lowest BCUT2D eigenvalue weighted by Crippen LogP contribution is -2.11. The molecule has 0 fully saturated rings. The van der Waals surface area contributed by atoms with Crippen molar-refractivity contribution in [3.05, 3.63) is 40.8 Å². The Balaban J connectivity index is 2.57. The van der Waals surface area contributed by atoms with Crippen LogP contribution in [0.5, 0.6) is 11.5 Å². The number of hydrogen-bond donors (Lipinski definition) is 1. The number of aliphatic imine (C=N–C) groups is 1. The van der Waals surface area contributed by atoms with Gasteiger partial charge in [-0.3, -0.25) is 0 Å². The summed E-state index contributed by atoms with van der Waals surface area (Å²) >= 11 is 0. The molecule has 0 radical (unpaired) electrons. The molecule has 1 aliphatic rings. The lowest BCUT2D eigenvalue weighted by Gasteiger charge is -2.10. The van der Waals surface area contributed by atoms with Gasteiger partial charge in [-0.1, -0.05) is 6.07 Å². The Bertz CT molecular complexity index is 678. The van der Waals surface area contributed by atoms with Gasteiger partial charge in [-0.05, 0) is 25.1 Å². The minimum absolute atomic E-state index is 0.0580. The zero-order valence-corrected chi connectivity index (χ0v) is 12.8. The van der Waals surface area contributed by atoms with E-state index in [1.54, 1.807) is 31.2 Å². The molecule has 0 bridgehead atoms. The van der Waals surface area contributed by atoms with Gasteiger partial charge in [0.05, 0.1) is 32.6 Å². The number of esters is 1. The third-order valence-corrected chi connectivity index (χ3v) is 3.27. The molecular weight excluding hydrogens is 286 g/mol. The highest BCUT2D eigenvalue weighted by Gasteiger charge is 2.27. The second kappa shape index (κ2) is 6.34. The summed E-state index contributed by atoms with van der Waals surface area (Å²) in [5.41, 5.74) is 1.32. The summed E-state index contributed by atoms with van der Waals surface area (Å²) < 4.78 is 15.2. The number of benzene rings is 1. The van der Waals surface area contributed by atoms with E-state index in [1.165, 1.54) is 21.3 Å². The van der Waals surface area contributed by atoms with Crippen molar-refractivity contribution in [1.82, 2.24) is 0 Å². The van der Waals surface area contributed by atoms with Crippen LogP contribution in [0, 0.1) is 0 Å². The molecule has 1 aromatic carbocycles. The maximum Gasteiger partial charge on any atom is 0.343 e. The van der Waals surface area contributed by atoms with Crippen LogP contribution in [0.3, 0.4) is 0 Å². The van der Waals surface area contributed by atoms with Gasteiger partial charge in [0.2, 0.25) is 0 Å². The van der Waals surface area contributed by atoms with E-state index in [4.69, 9.17) is 9.47 Å². The monoisotopic (exact) mass is 303 g/mol. The number of aliphatic hydroxyl groups excluding tert-OH is 1. The SMILES string of the molecule is COC(=O)C1=C(O)/C(=C\c2c(OC)cccc2OC)N=C1C. The van der Waals surface area contributed by atoms with Gasteiger partial charge in [0, 0.05) is 0 Å². The predicted molar refractivity (Wildman–Crippen MR) is 82.3 cm³/mol. The summed E-state index contributed by atoms with van der Waals surface area (Å²) in [4.78, 5) is 15.9. The summed E-state index contributed by atoms with van der Waals surface area (Å²) in [6.07, 6.45) is 1.60. The van der Waals surface area contributed by atoms with Gasteiger partial charge in [-0.15, -0.1) is 0 Å². The van der Waals surface area contributed by atoms with E-state index in [0.717, 1.165) is 0 Å². The third kappa shape index (κ3) is 2.67. The van der Waals surface area contributed by atoms with Crippen molar-refractivity contribution in [3.8, 4) is 11.5 Å². The quantitative estimate of drug-likeness (QED) is 0.865. The van der Waals surface area contributed by atoms with Gasteiger partial charge in [-0.25, -0.2) is 9.79 Å². The zero-order chi connectivity index (χ0) is 16.3. The molecule has 1 aliphatic heterocycles. The molecule has 0 saturated heterocycles.